The molecular weight excluding hydrogens is 315 g/mol. The Labute approximate surface area is 145 Å². The number of thiol groups is 1. The van der Waals surface area contributed by atoms with Gasteiger partial charge in [0.15, 0.2) is 17.6 Å². The number of fused-ring (bicyclic) bond motifs is 1. The van der Waals surface area contributed by atoms with E-state index in [1.54, 1.807) is 6.92 Å². The van der Waals surface area contributed by atoms with Crippen molar-refractivity contribution in [1.29, 1.82) is 0 Å². The van der Waals surface area contributed by atoms with Crippen molar-refractivity contribution < 1.29 is 26.8 Å². The predicted molar refractivity (Wildman–Crippen MR) is 77.7 cm³/mol. The van der Waals surface area contributed by atoms with Crippen LogP contribution in [0.5, 0.6) is 11.5 Å². The molecule has 9 heteroatoms. The molecule has 0 amide bonds. The zero-order valence-electron chi connectivity index (χ0n) is 10.4. The molecule has 2 atom stereocenters. The van der Waals surface area contributed by atoms with E-state index in [4.69, 9.17) is 14.2 Å². The third-order valence-electron chi connectivity index (χ3n) is 2.55. The normalized spacial score (nSPS) is 18.6. The molecule has 1 aromatic rings. The van der Waals surface area contributed by atoms with E-state index in [9.17, 15) is 8.42 Å². The van der Waals surface area contributed by atoms with E-state index < -0.39 is 11.0 Å². The molecule has 1 aliphatic rings. The van der Waals surface area contributed by atoms with Crippen LogP contribution in [-0.4, -0.2) is 70.0 Å². The van der Waals surface area contributed by atoms with Crippen LogP contribution < -0.4 is 9.47 Å². The first-order valence-electron chi connectivity index (χ1n) is 5.89. The maximum absolute atomic E-state index is 10.3. The topological polar surface area (TPSA) is 71.1 Å². The molecule has 6 nitrogen and oxygen atoms in total. The third-order valence-corrected chi connectivity index (χ3v) is 3.78. The van der Waals surface area contributed by atoms with E-state index >= 15 is 0 Å². The second-order valence-electron chi connectivity index (χ2n) is 4.15. The Morgan fingerprint density at radius 2 is 2.20 bits per heavy atom. The summed E-state index contributed by atoms with van der Waals surface area (Å²) in [5.74, 6) is 1.53. The molecule has 1 aliphatic heterocycles. The van der Waals surface area contributed by atoms with Crippen LogP contribution >= 0.6 is 11.3 Å². The molecular formula is C11H17NaO6S2. The second-order valence-corrected chi connectivity index (χ2v) is 5.56. The number of rotatable bonds is 7. The second kappa shape index (κ2) is 9.24. The van der Waals surface area contributed by atoms with Crippen molar-refractivity contribution in [2.45, 2.75) is 25.6 Å². The monoisotopic (exact) mass is 332 g/mol. The summed E-state index contributed by atoms with van der Waals surface area (Å²) >= 11 is 1.53. The molecule has 0 fully saturated rings. The number of thiophene rings is 1. The summed E-state index contributed by atoms with van der Waals surface area (Å²) in [5.41, 5.74) is 0. The predicted octanol–water partition coefficient (Wildman–Crippen LogP) is 0.578. The quantitative estimate of drug-likeness (QED) is 0.447. The summed E-state index contributed by atoms with van der Waals surface area (Å²) < 4.78 is 41.9. The van der Waals surface area contributed by atoms with E-state index in [1.807, 2.05) is 10.8 Å². The molecule has 2 rings (SSSR count). The Morgan fingerprint density at radius 1 is 1.45 bits per heavy atom. The standard InChI is InChI=1S/C11H16O6S2.Na.H/c1-8(17-19(12)13)2-3-14-4-9-5-15-10-6-18-7-11(10)16-9;;/h6-9,19H,2-5H2,1H3;;. The van der Waals surface area contributed by atoms with Gasteiger partial charge < -0.3 is 14.2 Å². The van der Waals surface area contributed by atoms with E-state index in [2.05, 4.69) is 4.18 Å². The van der Waals surface area contributed by atoms with Crippen LogP contribution in [0.3, 0.4) is 0 Å². The van der Waals surface area contributed by atoms with Crippen molar-refractivity contribution in [2.75, 3.05) is 19.8 Å². The van der Waals surface area contributed by atoms with E-state index in [0.29, 0.717) is 26.2 Å². The van der Waals surface area contributed by atoms with E-state index in [0.717, 1.165) is 11.5 Å². The molecule has 2 heterocycles. The van der Waals surface area contributed by atoms with Crippen molar-refractivity contribution in [2.24, 2.45) is 0 Å². The fourth-order valence-corrected chi connectivity index (χ4v) is 2.68. The van der Waals surface area contributed by atoms with Gasteiger partial charge in [-0.15, -0.1) is 11.3 Å². The molecule has 0 N–H and O–H groups in total. The number of hydrogen-bond donors (Lipinski definition) is 1. The average Bonchev–Trinajstić information content (AvgIpc) is 2.81. The van der Waals surface area contributed by atoms with Gasteiger partial charge in [-0.3, -0.25) is 4.18 Å². The van der Waals surface area contributed by atoms with Crippen LogP contribution in [0.2, 0.25) is 0 Å². The van der Waals surface area contributed by atoms with Gasteiger partial charge in [0.2, 0.25) is 0 Å². The first-order valence-corrected chi connectivity index (χ1v) is 7.93. The molecule has 0 aliphatic carbocycles. The van der Waals surface area contributed by atoms with Crippen molar-refractivity contribution in [3.05, 3.63) is 10.8 Å². The zero-order chi connectivity index (χ0) is 13.7. The molecule has 0 bridgehead atoms. The Morgan fingerprint density at radius 3 is 2.95 bits per heavy atom. The average molecular weight is 332 g/mol. The van der Waals surface area contributed by atoms with Crippen molar-refractivity contribution in [3.63, 3.8) is 0 Å². The first kappa shape index (κ1) is 18.2. The van der Waals surface area contributed by atoms with Gasteiger partial charge >= 0.3 is 29.6 Å². The van der Waals surface area contributed by atoms with Crippen LogP contribution in [0.1, 0.15) is 13.3 Å². The number of hydrogen-bond acceptors (Lipinski definition) is 7. The molecule has 110 valence electrons. The Balaban J connectivity index is 0.00000200. The minimum atomic E-state index is -2.80. The van der Waals surface area contributed by atoms with Crippen LogP contribution in [0.4, 0.5) is 0 Å². The third kappa shape index (κ3) is 5.88. The van der Waals surface area contributed by atoms with E-state index in [1.165, 1.54) is 11.3 Å². The summed E-state index contributed by atoms with van der Waals surface area (Å²) in [6, 6.07) is 0. The Hall–Kier alpha value is 0.170. The SMILES string of the molecule is CC(CCOCC1COc2cscc2O1)O[SH](=O)=O.[NaH]. The summed E-state index contributed by atoms with van der Waals surface area (Å²) in [4.78, 5) is 0. The zero-order valence-corrected chi connectivity index (χ0v) is 12.2. The van der Waals surface area contributed by atoms with E-state index in [-0.39, 0.29) is 41.8 Å². The summed E-state index contributed by atoms with van der Waals surface area (Å²) in [7, 11) is -2.80. The maximum atomic E-state index is 10.3. The Kier molecular flexibility index (Phi) is 8.42. The van der Waals surface area contributed by atoms with Gasteiger partial charge in [0, 0.05) is 17.4 Å². The van der Waals surface area contributed by atoms with Gasteiger partial charge in [0.05, 0.1) is 12.7 Å². The Bertz CT molecular complexity index is 467. The molecule has 0 aromatic carbocycles. The molecule has 20 heavy (non-hydrogen) atoms. The molecule has 1 aromatic heterocycles. The van der Waals surface area contributed by atoms with Gasteiger partial charge in [0.1, 0.15) is 6.61 Å². The van der Waals surface area contributed by atoms with Crippen LogP contribution in [0, 0.1) is 0 Å². The van der Waals surface area contributed by atoms with Gasteiger partial charge in [0.25, 0.3) is 11.0 Å². The van der Waals surface area contributed by atoms with Crippen molar-refractivity contribution in [1.82, 2.24) is 0 Å². The van der Waals surface area contributed by atoms with Crippen LogP contribution in [0.15, 0.2) is 10.8 Å². The van der Waals surface area contributed by atoms with Gasteiger partial charge in [-0.1, -0.05) is 0 Å². The fourth-order valence-electron chi connectivity index (χ4n) is 1.61. The minimum absolute atomic E-state index is 0. The molecule has 0 saturated heterocycles. The van der Waals surface area contributed by atoms with Crippen LogP contribution in [0.25, 0.3) is 0 Å². The van der Waals surface area contributed by atoms with Gasteiger partial charge in [-0.05, 0) is 13.3 Å². The van der Waals surface area contributed by atoms with Crippen LogP contribution in [-0.2, 0) is 19.9 Å². The number of ether oxygens (including phenoxy) is 3. The summed E-state index contributed by atoms with van der Waals surface area (Å²) in [5, 5.41) is 3.79. The summed E-state index contributed by atoms with van der Waals surface area (Å²) in [6.07, 6.45) is 0.0169. The summed E-state index contributed by atoms with van der Waals surface area (Å²) in [6.45, 7) is 2.97. The van der Waals surface area contributed by atoms with Crippen molar-refractivity contribution in [3.8, 4) is 11.5 Å². The van der Waals surface area contributed by atoms with Gasteiger partial charge in [-0.25, -0.2) is 8.42 Å². The molecule has 0 spiro atoms. The van der Waals surface area contributed by atoms with Gasteiger partial charge in [-0.2, -0.15) is 0 Å². The van der Waals surface area contributed by atoms with Crippen molar-refractivity contribution >= 4 is 51.9 Å². The molecule has 0 radical (unpaired) electrons. The first-order chi connectivity index (χ1) is 9.15. The fraction of sp³-hybridized carbons (Fsp3) is 0.636. The molecule has 0 saturated carbocycles. The molecule has 2 unspecified atom stereocenters.